The summed E-state index contributed by atoms with van der Waals surface area (Å²) in [5.41, 5.74) is 6.47. The van der Waals surface area contributed by atoms with Gasteiger partial charge in [-0.15, -0.1) is 0 Å². The minimum absolute atomic E-state index is 0.0997. The second-order valence-corrected chi connectivity index (χ2v) is 5.78. The van der Waals surface area contributed by atoms with Crippen LogP contribution in [0, 0.1) is 11.2 Å². The highest BCUT2D eigenvalue weighted by Gasteiger charge is 2.26. The molecule has 2 unspecified atom stereocenters. The maximum Gasteiger partial charge on any atom is 0.128 e. The molecule has 0 aliphatic carbocycles. The smallest absolute Gasteiger partial charge is 0.128 e. The lowest BCUT2D eigenvalue weighted by molar-refractivity contribution is 0.0550. The Balaban J connectivity index is 2.09. The molecule has 1 aliphatic rings. The van der Waals surface area contributed by atoms with Crippen LogP contribution in [0.1, 0.15) is 25.0 Å². The van der Waals surface area contributed by atoms with Gasteiger partial charge >= 0.3 is 0 Å². The predicted molar refractivity (Wildman–Crippen MR) is 79.4 cm³/mol. The highest BCUT2D eigenvalue weighted by Crippen LogP contribution is 2.18. The number of piperazine rings is 1. The van der Waals surface area contributed by atoms with Crippen molar-refractivity contribution in [1.82, 2.24) is 9.80 Å². The van der Waals surface area contributed by atoms with E-state index in [-0.39, 0.29) is 11.7 Å². The van der Waals surface area contributed by atoms with Gasteiger partial charge in [-0.05, 0) is 27.0 Å². The summed E-state index contributed by atoms with van der Waals surface area (Å²) < 4.78 is 14.0. The minimum atomic E-state index is -0.281. The number of amidine groups is 1. The van der Waals surface area contributed by atoms with Crippen molar-refractivity contribution in [2.75, 3.05) is 20.1 Å². The van der Waals surface area contributed by atoms with Gasteiger partial charge in [0.05, 0.1) is 0 Å². The molecule has 2 atom stereocenters. The molecule has 1 aliphatic heterocycles. The molecule has 0 amide bonds. The number of benzene rings is 1. The Morgan fingerprint density at radius 2 is 1.95 bits per heavy atom. The average molecular weight is 278 g/mol. The molecule has 1 fully saturated rings. The maximum absolute atomic E-state index is 14.0. The van der Waals surface area contributed by atoms with Crippen molar-refractivity contribution in [2.45, 2.75) is 32.5 Å². The number of nitrogen functional groups attached to an aromatic ring is 1. The van der Waals surface area contributed by atoms with E-state index in [4.69, 9.17) is 11.1 Å². The summed E-state index contributed by atoms with van der Waals surface area (Å²) in [6.07, 6.45) is 0. The van der Waals surface area contributed by atoms with Crippen LogP contribution in [-0.4, -0.2) is 47.9 Å². The van der Waals surface area contributed by atoms with Crippen molar-refractivity contribution < 1.29 is 4.39 Å². The third-order valence-corrected chi connectivity index (χ3v) is 4.19. The molecule has 110 valence electrons. The van der Waals surface area contributed by atoms with Gasteiger partial charge in [-0.1, -0.05) is 12.1 Å². The van der Waals surface area contributed by atoms with Crippen LogP contribution in [0.4, 0.5) is 4.39 Å². The van der Waals surface area contributed by atoms with E-state index in [0.29, 0.717) is 29.8 Å². The SMILES string of the molecule is CC1CN(Cc2ccc(C(=N)N)cc2F)CC(C)N1C. The molecular weight excluding hydrogens is 255 g/mol. The lowest BCUT2D eigenvalue weighted by Crippen LogP contribution is -2.54. The van der Waals surface area contributed by atoms with Gasteiger partial charge in [0.2, 0.25) is 0 Å². The van der Waals surface area contributed by atoms with E-state index in [9.17, 15) is 4.39 Å². The highest BCUT2D eigenvalue weighted by molar-refractivity contribution is 5.94. The van der Waals surface area contributed by atoms with Crippen molar-refractivity contribution in [2.24, 2.45) is 5.73 Å². The highest BCUT2D eigenvalue weighted by atomic mass is 19.1. The number of halogens is 1. The van der Waals surface area contributed by atoms with Gasteiger partial charge in [0.15, 0.2) is 0 Å². The van der Waals surface area contributed by atoms with Gasteiger partial charge < -0.3 is 5.73 Å². The average Bonchev–Trinajstić information content (AvgIpc) is 2.38. The van der Waals surface area contributed by atoms with Crippen molar-refractivity contribution in [1.29, 1.82) is 5.41 Å². The molecular formula is C15H23FN4. The summed E-state index contributed by atoms with van der Waals surface area (Å²) in [6, 6.07) is 5.74. The molecule has 1 saturated heterocycles. The Morgan fingerprint density at radius 1 is 1.35 bits per heavy atom. The second-order valence-electron chi connectivity index (χ2n) is 5.78. The first kappa shape index (κ1) is 14.9. The van der Waals surface area contributed by atoms with E-state index in [0.717, 1.165) is 13.1 Å². The van der Waals surface area contributed by atoms with Gasteiger partial charge in [0.25, 0.3) is 0 Å². The van der Waals surface area contributed by atoms with Crippen molar-refractivity contribution >= 4 is 5.84 Å². The number of likely N-dealkylation sites (N-methyl/N-ethyl adjacent to an activating group) is 1. The number of nitrogens with one attached hydrogen (secondary N) is 1. The number of nitrogens with two attached hydrogens (primary N) is 1. The molecule has 1 aromatic rings. The Morgan fingerprint density at radius 3 is 2.45 bits per heavy atom. The number of rotatable bonds is 3. The van der Waals surface area contributed by atoms with Crippen molar-refractivity contribution in [3.63, 3.8) is 0 Å². The van der Waals surface area contributed by atoms with Gasteiger partial charge in [0, 0.05) is 42.8 Å². The van der Waals surface area contributed by atoms with E-state index in [1.807, 2.05) is 0 Å². The van der Waals surface area contributed by atoms with Crippen LogP contribution in [0.15, 0.2) is 18.2 Å². The molecule has 0 spiro atoms. The lowest BCUT2D eigenvalue weighted by Gasteiger charge is -2.42. The molecule has 1 heterocycles. The largest absolute Gasteiger partial charge is 0.384 e. The Kier molecular flexibility index (Phi) is 4.40. The quantitative estimate of drug-likeness (QED) is 0.653. The fourth-order valence-corrected chi connectivity index (χ4v) is 2.73. The van der Waals surface area contributed by atoms with Gasteiger partial charge in [-0.2, -0.15) is 0 Å². The van der Waals surface area contributed by atoms with Crippen LogP contribution in [-0.2, 0) is 6.54 Å². The third-order valence-electron chi connectivity index (χ3n) is 4.19. The molecule has 4 nitrogen and oxygen atoms in total. The van der Waals surface area contributed by atoms with Crippen LogP contribution in [0.25, 0.3) is 0 Å². The number of hydrogen-bond donors (Lipinski definition) is 2. The summed E-state index contributed by atoms with van der Waals surface area (Å²) in [7, 11) is 2.13. The van der Waals surface area contributed by atoms with E-state index in [1.54, 1.807) is 12.1 Å². The second kappa shape index (κ2) is 5.89. The van der Waals surface area contributed by atoms with E-state index in [1.165, 1.54) is 6.07 Å². The Labute approximate surface area is 119 Å². The minimum Gasteiger partial charge on any atom is -0.384 e. The monoisotopic (exact) mass is 278 g/mol. The molecule has 20 heavy (non-hydrogen) atoms. The van der Waals surface area contributed by atoms with Crippen molar-refractivity contribution in [3.05, 3.63) is 35.1 Å². The van der Waals surface area contributed by atoms with Crippen molar-refractivity contribution in [3.8, 4) is 0 Å². The lowest BCUT2D eigenvalue weighted by atomic mass is 10.1. The Bertz CT molecular complexity index is 491. The summed E-state index contributed by atoms with van der Waals surface area (Å²) >= 11 is 0. The first-order valence-electron chi connectivity index (χ1n) is 6.95. The van der Waals surface area contributed by atoms with Gasteiger partial charge in [-0.3, -0.25) is 15.2 Å². The number of nitrogens with zero attached hydrogens (tertiary/aromatic N) is 2. The molecule has 0 aromatic heterocycles. The molecule has 3 N–H and O–H groups in total. The predicted octanol–water partition coefficient (Wildman–Crippen LogP) is 1.63. The van der Waals surface area contributed by atoms with Crippen LogP contribution in [0.3, 0.4) is 0 Å². The van der Waals surface area contributed by atoms with Crippen LogP contribution in [0.2, 0.25) is 0 Å². The normalized spacial score (nSPS) is 24.8. The Hall–Kier alpha value is -1.46. The summed E-state index contributed by atoms with van der Waals surface area (Å²) in [6.45, 7) is 6.87. The first-order valence-corrected chi connectivity index (χ1v) is 6.95. The van der Waals surface area contributed by atoms with E-state index >= 15 is 0 Å². The topological polar surface area (TPSA) is 56.4 Å². The zero-order chi connectivity index (χ0) is 14.9. The molecule has 5 heteroatoms. The summed E-state index contributed by atoms with van der Waals surface area (Å²) in [4.78, 5) is 4.63. The fraction of sp³-hybridized carbons (Fsp3) is 0.533. The van der Waals surface area contributed by atoms with Gasteiger partial charge in [0.1, 0.15) is 11.7 Å². The van der Waals surface area contributed by atoms with E-state index in [2.05, 4.69) is 30.7 Å². The van der Waals surface area contributed by atoms with Crippen LogP contribution in [0.5, 0.6) is 0 Å². The summed E-state index contributed by atoms with van der Waals surface area (Å²) in [5, 5.41) is 7.33. The molecule has 2 rings (SSSR count). The molecule has 1 aromatic carbocycles. The van der Waals surface area contributed by atoms with Crippen LogP contribution < -0.4 is 5.73 Å². The fourth-order valence-electron chi connectivity index (χ4n) is 2.73. The first-order chi connectivity index (χ1) is 9.38. The molecule has 0 bridgehead atoms. The standard InChI is InChI=1S/C15H23FN4/c1-10-7-20(8-11(2)19(10)3)9-13-5-4-12(15(17)18)6-14(13)16/h4-6,10-11H,7-9H2,1-3H3,(H3,17,18). The molecule has 0 saturated carbocycles. The number of hydrogen-bond acceptors (Lipinski definition) is 3. The summed E-state index contributed by atoms with van der Waals surface area (Å²) in [5.74, 6) is -0.380. The zero-order valence-corrected chi connectivity index (χ0v) is 12.4. The van der Waals surface area contributed by atoms with Gasteiger partial charge in [-0.25, -0.2) is 4.39 Å². The zero-order valence-electron chi connectivity index (χ0n) is 12.4. The van der Waals surface area contributed by atoms with Crippen LogP contribution >= 0.6 is 0 Å². The third kappa shape index (κ3) is 3.16. The maximum atomic E-state index is 14.0. The van der Waals surface area contributed by atoms with E-state index < -0.39 is 0 Å². The molecule has 0 radical (unpaired) electrons.